The summed E-state index contributed by atoms with van der Waals surface area (Å²) in [6.07, 6.45) is 0.441. The smallest absolute Gasteiger partial charge is 0.251 e. The normalized spacial score (nSPS) is 17.0. The number of nitrogens with one attached hydrogen (secondary N) is 1. The summed E-state index contributed by atoms with van der Waals surface area (Å²) in [5.74, 6) is -1.08. The van der Waals surface area contributed by atoms with E-state index in [0.29, 0.717) is 25.1 Å². The fourth-order valence-electron chi connectivity index (χ4n) is 2.93. The first-order chi connectivity index (χ1) is 12.1. The molecule has 0 unspecified atom stereocenters. The molecule has 2 aromatic rings. The zero-order valence-electron chi connectivity index (χ0n) is 13.9. The summed E-state index contributed by atoms with van der Waals surface area (Å²) in [5.41, 5.74) is 1.58. The molecule has 5 nitrogen and oxygen atoms in total. The molecule has 6 heteroatoms. The lowest BCUT2D eigenvalue weighted by molar-refractivity contribution is -0.118. The Bertz CT molecular complexity index is 794. The van der Waals surface area contributed by atoms with E-state index in [-0.39, 0.29) is 17.5 Å². The van der Waals surface area contributed by atoms with Gasteiger partial charge in [0.1, 0.15) is 11.9 Å². The van der Waals surface area contributed by atoms with Gasteiger partial charge in [0.25, 0.3) is 5.91 Å². The van der Waals surface area contributed by atoms with Crippen LogP contribution in [-0.4, -0.2) is 31.5 Å². The van der Waals surface area contributed by atoms with Crippen LogP contribution >= 0.6 is 0 Å². The van der Waals surface area contributed by atoms with Gasteiger partial charge < -0.3 is 15.0 Å². The molecule has 25 heavy (non-hydrogen) atoms. The van der Waals surface area contributed by atoms with Crippen molar-refractivity contribution in [1.29, 1.82) is 0 Å². The average Bonchev–Trinajstić information content (AvgIpc) is 2.96. The zero-order valence-corrected chi connectivity index (χ0v) is 13.9. The SMILES string of the molecule is COCc1cccc(C(=O)N[C@@H]2CCN(c3ccccc3F)C2=O)c1. The molecule has 130 valence electrons. The van der Waals surface area contributed by atoms with Crippen molar-refractivity contribution in [3.05, 3.63) is 65.5 Å². The maximum Gasteiger partial charge on any atom is 0.251 e. The summed E-state index contributed by atoms with van der Waals surface area (Å²) in [4.78, 5) is 26.3. The maximum atomic E-state index is 13.9. The van der Waals surface area contributed by atoms with Gasteiger partial charge in [-0.3, -0.25) is 9.59 Å². The Morgan fingerprint density at radius 1 is 1.28 bits per heavy atom. The molecule has 1 aliphatic rings. The van der Waals surface area contributed by atoms with Crippen molar-refractivity contribution >= 4 is 17.5 Å². The highest BCUT2D eigenvalue weighted by Gasteiger charge is 2.34. The van der Waals surface area contributed by atoms with E-state index in [1.165, 1.54) is 11.0 Å². The van der Waals surface area contributed by atoms with Gasteiger partial charge in [0.2, 0.25) is 5.91 Å². The number of rotatable bonds is 5. The van der Waals surface area contributed by atoms with Crippen LogP contribution in [-0.2, 0) is 16.1 Å². The molecular formula is C19H19FN2O3. The molecule has 1 atom stereocenters. The van der Waals surface area contributed by atoms with Gasteiger partial charge in [-0.2, -0.15) is 0 Å². The second-order valence-corrected chi connectivity index (χ2v) is 5.89. The Morgan fingerprint density at radius 3 is 2.84 bits per heavy atom. The molecule has 1 aliphatic heterocycles. The summed E-state index contributed by atoms with van der Waals surface area (Å²) in [6, 6.07) is 12.5. The summed E-state index contributed by atoms with van der Waals surface area (Å²) in [7, 11) is 1.58. The van der Waals surface area contributed by atoms with Crippen molar-refractivity contribution in [2.75, 3.05) is 18.6 Å². The lowest BCUT2D eigenvalue weighted by Crippen LogP contribution is -2.41. The Hall–Kier alpha value is -2.73. The molecule has 3 rings (SSSR count). The van der Waals surface area contributed by atoms with Crippen LogP contribution in [0, 0.1) is 5.82 Å². The van der Waals surface area contributed by atoms with Gasteiger partial charge >= 0.3 is 0 Å². The molecule has 0 bridgehead atoms. The Kier molecular flexibility index (Phi) is 5.09. The second-order valence-electron chi connectivity index (χ2n) is 5.89. The molecule has 0 spiro atoms. The number of halogens is 1. The minimum atomic E-state index is -0.654. The molecule has 0 radical (unpaired) electrons. The van der Waals surface area contributed by atoms with Gasteiger partial charge in [-0.05, 0) is 36.2 Å². The van der Waals surface area contributed by atoms with Crippen LogP contribution in [0.2, 0.25) is 0 Å². The predicted molar refractivity (Wildman–Crippen MR) is 91.8 cm³/mol. The summed E-state index contributed by atoms with van der Waals surface area (Å²) < 4.78 is 19.0. The van der Waals surface area contributed by atoms with E-state index in [0.717, 1.165) is 5.56 Å². The number of para-hydroxylation sites is 1. The average molecular weight is 342 g/mol. The maximum absolute atomic E-state index is 13.9. The van der Waals surface area contributed by atoms with Gasteiger partial charge in [0, 0.05) is 19.2 Å². The van der Waals surface area contributed by atoms with Crippen LogP contribution in [0.4, 0.5) is 10.1 Å². The van der Waals surface area contributed by atoms with Crippen LogP contribution in [0.25, 0.3) is 0 Å². The highest BCUT2D eigenvalue weighted by atomic mass is 19.1. The first kappa shape index (κ1) is 17.1. The number of carbonyl (C=O) groups excluding carboxylic acids is 2. The fourth-order valence-corrected chi connectivity index (χ4v) is 2.93. The number of methoxy groups -OCH3 is 1. The number of hydrogen-bond acceptors (Lipinski definition) is 3. The molecule has 2 aromatic carbocycles. The minimum Gasteiger partial charge on any atom is -0.380 e. The van der Waals surface area contributed by atoms with Gasteiger partial charge in [-0.15, -0.1) is 0 Å². The van der Waals surface area contributed by atoms with Crippen LogP contribution < -0.4 is 10.2 Å². The van der Waals surface area contributed by atoms with Crippen molar-refractivity contribution in [1.82, 2.24) is 5.32 Å². The van der Waals surface area contributed by atoms with E-state index < -0.39 is 11.9 Å². The third-order valence-corrected chi connectivity index (χ3v) is 4.15. The van der Waals surface area contributed by atoms with E-state index in [4.69, 9.17) is 4.74 Å². The first-order valence-electron chi connectivity index (χ1n) is 8.05. The summed E-state index contributed by atoms with van der Waals surface area (Å²) in [5, 5.41) is 2.74. The topological polar surface area (TPSA) is 58.6 Å². The summed E-state index contributed by atoms with van der Waals surface area (Å²) >= 11 is 0. The first-order valence-corrected chi connectivity index (χ1v) is 8.05. The van der Waals surface area contributed by atoms with Crippen LogP contribution in [0.1, 0.15) is 22.3 Å². The molecule has 1 N–H and O–H groups in total. The van der Waals surface area contributed by atoms with Gasteiger partial charge in [-0.1, -0.05) is 24.3 Å². The van der Waals surface area contributed by atoms with Crippen LogP contribution in [0.15, 0.2) is 48.5 Å². The van der Waals surface area contributed by atoms with Gasteiger partial charge in [0.15, 0.2) is 0 Å². The van der Waals surface area contributed by atoms with Crippen molar-refractivity contribution in [2.24, 2.45) is 0 Å². The molecular weight excluding hydrogens is 323 g/mol. The number of anilines is 1. The molecule has 0 saturated carbocycles. The molecule has 0 aromatic heterocycles. The van der Waals surface area contributed by atoms with Crippen LogP contribution in [0.3, 0.4) is 0 Å². The fraction of sp³-hybridized carbons (Fsp3) is 0.263. The highest BCUT2D eigenvalue weighted by molar-refractivity contribution is 6.04. The molecule has 1 fully saturated rings. The monoisotopic (exact) mass is 342 g/mol. The third-order valence-electron chi connectivity index (χ3n) is 4.15. The van der Waals surface area contributed by atoms with Gasteiger partial charge in [0.05, 0.1) is 12.3 Å². The number of amides is 2. The second kappa shape index (κ2) is 7.44. The lowest BCUT2D eigenvalue weighted by Gasteiger charge is -2.18. The standard InChI is InChI=1S/C19H19FN2O3/c1-25-12-13-5-4-6-14(11-13)18(23)21-16-9-10-22(19(16)24)17-8-3-2-7-15(17)20/h2-8,11,16H,9-10,12H2,1H3,(H,21,23)/t16-/m1/s1. The Morgan fingerprint density at radius 2 is 2.08 bits per heavy atom. The minimum absolute atomic E-state index is 0.242. The Labute approximate surface area is 145 Å². The van der Waals surface area contributed by atoms with E-state index in [9.17, 15) is 14.0 Å². The number of ether oxygens (including phenoxy) is 1. The third kappa shape index (κ3) is 3.69. The number of carbonyl (C=O) groups is 2. The zero-order chi connectivity index (χ0) is 17.8. The van der Waals surface area contributed by atoms with Crippen molar-refractivity contribution in [2.45, 2.75) is 19.1 Å². The molecule has 2 amide bonds. The van der Waals surface area contributed by atoms with E-state index in [2.05, 4.69) is 5.32 Å². The number of nitrogens with zero attached hydrogens (tertiary/aromatic N) is 1. The van der Waals surface area contributed by atoms with E-state index in [1.54, 1.807) is 43.5 Å². The van der Waals surface area contributed by atoms with Gasteiger partial charge in [-0.25, -0.2) is 4.39 Å². The largest absolute Gasteiger partial charge is 0.380 e. The molecule has 0 aliphatic carbocycles. The quantitative estimate of drug-likeness (QED) is 0.908. The molecule has 1 saturated heterocycles. The van der Waals surface area contributed by atoms with Crippen LogP contribution in [0.5, 0.6) is 0 Å². The number of benzene rings is 2. The number of hydrogen-bond donors (Lipinski definition) is 1. The van der Waals surface area contributed by atoms with Crippen molar-refractivity contribution in [3.63, 3.8) is 0 Å². The predicted octanol–water partition coefficient (Wildman–Crippen LogP) is 2.51. The highest BCUT2D eigenvalue weighted by Crippen LogP contribution is 2.24. The molecule has 1 heterocycles. The van der Waals surface area contributed by atoms with Crippen molar-refractivity contribution < 1.29 is 18.7 Å². The summed E-state index contributed by atoms with van der Waals surface area (Å²) in [6.45, 7) is 0.777. The van der Waals surface area contributed by atoms with E-state index >= 15 is 0 Å². The van der Waals surface area contributed by atoms with E-state index in [1.807, 2.05) is 6.07 Å². The van der Waals surface area contributed by atoms with Crippen molar-refractivity contribution in [3.8, 4) is 0 Å². The lowest BCUT2D eigenvalue weighted by atomic mass is 10.1. The Balaban J connectivity index is 1.70.